The van der Waals surface area contributed by atoms with E-state index < -0.39 is 6.16 Å². The molecule has 4 nitrogen and oxygen atoms in total. The van der Waals surface area contributed by atoms with Crippen molar-refractivity contribution in [2.45, 2.75) is 13.3 Å². The smallest absolute Gasteiger partial charge is 0.434 e. The Morgan fingerprint density at radius 1 is 1.57 bits per heavy atom. The number of rotatable bonds is 3. The van der Waals surface area contributed by atoms with Crippen molar-refractivity contribution in [2.75, 3.05) is 6.61 Å². The third kappa shape index (κ3) is 3.62. The van der Waals surface area contributed by atoms with Gasteiger partial charge in [0.05, 0.1) is 11.6 Å². The summed E-state index contributed by atoms with van der Waals surface area (Å²) in [5, 5.41) is 0.485. The summed E-state index contributed by atoms with van der Waals surface area (Å²) in [6, 6.07) is 3.08. The number of halogens is 1. The van der Waals surface area contributed by atoms with E-state index in [-0.39, 0.29) is 5.88 Å². The van der Waals surface area contributed by atoms with E-state index in [0.29, 0.717) is 11.6 Å². The topological polar surface area (TPSA) is 48.4 Å². The van der Waals surface area contributed by atoms with Crippen LogP contribution in [0.4, 0.5) is 4.79 Å². The summed E-state index contributed by atoms with van der Waals surface area (Å²) < 4.78 is 9.43. The van der Waals surface area contributed by atoms with Crippen molar-refractivity contribution < 1.29 is 14.3 Å². The van der Waals surface area contributed by atoms with Crippen LogP contribution in [0.15, 0.2) is 18.3 Å². The average Bonchev–Trinajstić information content (AvgIpc) is 2.18. The van der Waals surface area contributed by atoms with Crippen molar-refractivity contribution >= 4 is 17.8 Å². The fraction of sp³-hybridized carbons (Fsp3) is 0.333. The first-order valence-electron chi connectivity index (χ1n) is 4.18. The number of aromatic nitrogens is 1. The van der Waals surface area contributed by atoms with Crippen molar-refractivity contribution in [2.24, 2.45) is 0 Å². The SMILES string of the molecule is CCCOC(=O)Oc1ccc(Cl)cn1. The van der Waals surface area contributed by atoms with E-state index in [1.807, 2.05) is 6.92 Å². The Hall–Kier alpha value is -1.29. The predicted molar refractivity (Wildman–Crippen MR) is 51.5 cm³/mol. The summed E-state index contributed by atoms with van der Waals surface area (Å²) in [5.74, 6) is 0.176. The summed E-state index contributed by atoms with van der Waals surface area (Å²) in [5.41, 5.74) is 0. The minimum absolute atomic E-state index is 0.176. The van der Waals surface area contributed by atoms with Gasteiger partial charge in [0.2, 0.25) is 5.88 Å². The molecule has 14 heavy (non-hydrogen) atoms. The Kier molecular flexibility index (Phi) is 4.19. The Morgan fingerprint density at radius 3 is 2.93 bits per heavy atom. The van der Waals surface area contributed by atoms with Crippen LogP contribution in [0.5, 0.6) is 5.88 Å². The van der Waals surface area contributed by atoms with Crippen LogP contribution < -0.4 is 4.74 Å². The number of hydrogen-bond acceptors (Lipinski definition) is 4. The molecule has 0 saturated heterocycles. The molecule has 0 aliphatic heterocycles. The number of ether oxygens (including phenoxy) is 2. The van der Waals surface area contributed by atoms with Crippen molar-refractivity contribution in [3.05, 3.63) is 23.4 Å². The van der Waals surface area contributed by atoms with E-state index in [9.17, 15) is 4.79 Å². The Balaban J connectivity index is 2.44. The van der Waals surface area contributed by atoms with Gasteiger partial charge in [-0.25, -0.2) is 9.78 Å². The molecule has 0 radical (unpaired) electrons. The molecule has 1 aromatic heterocycles. The third-order valence-corrected chi connectivity index (χ3v) is 1.54. The minimum Gasteiger partial charge on any atom is -0.434 e. The van der Waals surface area contributed by atoms with E-state index in [4.69, 9.17) is 21.1 Å². The summed E-state index contributed by atoms with van der Waals surface area (Å²) in [6.07, 6.45) is 1.40. The Bertz CT molecular complexity index is 299. The maximum absolute atomic E-state index is 10.9. The van der Waals surface area contributed by atoms with Crippen molar-refractivity contribution in [3.8, 4) is 5.88 Å². The molecule has 0 fully saturated rings. The van der Waals surface area contributed by atoms with Crippen molar-refractivity contribution in [1.29, 1.82) is 0 Å². The fourth-order valence-electron chi connectivity index (χ4n) is 0.723. The highest BCUT2D eigenvalue weighted by Crippen LogP contribution is 2.11. The molecule has 0 N–H and O–H groups in total. The minimum atomic E-state index is -0.748. The molecule has 0 bridgehead atoms. The molecule has 1 aromatic rings. The van der Waals surface area contributed by atoms with Gasteiger partial charge in [0.15, 0.2) is 0 Å². The van der Waals surface area contributed by atoms with Crippen LogP contribution in [0.1, 0.15) is 13.3 Å². The molecule has 0 aliphatic rings. The zero-order valence-corrected chi connectivity index (χ0v) is 8.45. The van der Waals surface area contributed by atoms with Crippen LogP contribution in [0.25, 0.3) is 0 Å². The van der Waals surface area contributed by atoms with E-state index in [1.165, 1.54) is 12.3 Å². The average molecular weight is 216 g/mol. The van der Waals surface area contributed by atoms with Gasteiger partial charge in [-0.15, -0.1) is 0 Å². The normalized spacial score (nSPS) is 9.57. The first-order chi connectivity index (χ1) is 6.72. The highest BCUT2D eigenvalue weighted by Gasteiger charge is 2.05. The quantitative estimate of drug-likeness (QED) is 0.728. The lowest BCUT2D eigenvalue weighted by Crippen LogP contribution is -2.11. The van der Waals surface area contributed by atoms with Gasteiger partial charge in [0.25, 0.3) is 0 Å². The van der Waals surface area contributed by atoms with Crippen LogP contribution in [-0.4, -0.2) is 17.7 Å². The van der Waals surface area contributed by atoms with E-state index >= 15 is 0 Å². The largest absolute Gasteiger partial charge is 0.515 e. The van der Waals surface area contributed by atoms with E-state index in [1.54, 1.807) is 6.07 Å². The summed E-state index contributed by atoms with van der Waals surface area (Å²) >= 11 is 5.60. The van der Waals surface area contributed by atoms with Crippen LogP contribution in [0, 0.1) is 0 Å². The molecular weight excluding hydrogens is 206 g/mol. The number of pyridine rings is 1. The lowest BCUT2D eigenvalue weighted by Gasteiger charge is -2.03. The molecule has 0 atom stereocenters. The molecule has 76 valence electrons. The van der Waals surface area contributed by atoms with Gasteiger partial charge in [0, 0.05) is 12.3 Å². The molecular formula is C9H10ClNO3. The number of carbonyl (C=O) groups excluding carboxylic acids is 1. The van der Waals surface area contributed by atoms with E-state index in [2.05, 4.69) is 4.98 Å². The Morgan fingerprint density at radius 2 is 2.36 bits per heavy atom. The predicted octanol–water partition coefficient (Wildman–Crippen LogP) is 2.66. The standard InChI is InChI=1S/C9H10ClNO3/c1-2-5-13-9(12)14-8-4-3-7(10)6-11-8/h3-4,6H,2,5H2,1H3. The van der Waals surface area contributed by atoms with Crippen LogP contribution >= 0.6 is 11.6 Å². The van der Waals surface area contributed by atoms with Crippen LogP contribution in [0.2, 0.25) is 5.02 Å². The molecule has 1 heterocycles. The third-order valence-electron chi connectivity index (χ3n) is 1.31. The molecule has 0 spiro atoms. The van der Waals surface area contributed by atoms with Gasteiger partial charge in [-0.05, 0) is 12.5 Å². The molecule has 0 unspecified atom stereocenters. The summed E-state index contributed by atoms with van der Waals surface area (Å²) in [6.45, 7) is 2.24. The zero-order valence-electron chi connectivity index (χ0n) is 7.70. The number of hydrogen-bond donors (Lipinski definition) is 0. The second-order valence-corrected chi connectivity index (χ2v) is 2.95. The van der Waals surface area contributed by atoms with Gasteiger partial charge >= 0.3 is 6.16 Å². The maximum atomic E-state index is 10.9. The highest BCUT2D eigenvalue weighted by molar-refractivity contribution is 6.30. The van der Waals surface area contributed by atoms with Gasteiger partial charge in [0.1, 0.15) is 0 Å². The first-order valence-corrected chi connectivity index (χ1v) is 4.56. The molecule has 1 rings (SSSR count). The van der Waals surface area contributed by atoms with Gasteiger partial charge in [-0.3, -0.25) is 0 Å². The maximum Gasteiger partial charge on any atom is 0.515 e. The van der Waals surface area contributed by atoms with Crippen molar-refractivity contribution in [3.63, 3.8) is 0 Å². The fourth-order valence-corrected chi connectivity index (χ4v) is 0.835. The lowest BCUT2D eigenvalue weighted by atomic mass is 10.5. The lowest BCUT2D eigenvalue weighted by molar-refractivity contribution is 0.0976. The number of nitrogens with zero attached hydrogens (tertiary/aromatic N) is 1. The molecule has 5 heteroatoms. The van der Waals surface area contributed by atoms with Gasteiger partial charge < -0.3 is 9.47 Å². The highest BCUT2D eigenvalue weighted by atomic mass is 35.5. The first kappa shape index (κ1) is 10.8. The van der Waals surface area contributed by atoms with Crippen LogP contribution in [-0.2, 0) is 4.74 Å². The van der Waals surface area contributed by atoms with Gasteiger partial charge in [-0.1, -0.05) is 18.5 Å². The monoisotopic (exact) mass is 215 g/mol. The summed E-state index contributed by atoms with van der Waals surface area (Å²) in [4.78, 5) is 14.7. The number of carbonyl (C=O) groups is 1. The molecule has 0 aliphatic carbocycles. The Labute approximate surface area is 86.8 Å². The van der Waals surface area contributed by atoms with Crippen LogP contribution in [0.3, 0.4) is 0 Å². The summed E-state index contributed by atoms with van der Waals surface area (Å²) in [7, 11) is 0. The van der Waals surface area contributed by atoms with E-state index in [0.717, 1.165) is 6.42 Å². The second-order valence-electron chi connectivity index (χ2n) is 2.52. The zero-order chi connectivity index (χ0) is 10.4. The molecule has 0 saturated carbocycles. The van der Waals surface area contributed by atoms with Crippen molar-refractivity contribution in [1.82, 2.24) is 4.98 Å². The van der Waals surface area contributed by atoms with Gasteiger partial charge in [-0.2, -0.15) is 0 Å². The second kappa shape index (κ2) is 5.44. The molecule has 0 aromatic carbocycles. The molecule has 0 amide bonds.